The van der Waals surface area contributed by atoms with Crippen LogP contribution in [0, 0.1) is 0 Å². The van der Waals surface area contributed by atoms with Gasteiger partial charge in [0, 0.05) is 23.4 Å². The minimum atomic E-state index is -0.0482. The number of rotatable bonds is 4. The molecule has 3 aromatic rings. The van der Waals surface area contributed by atoms with Crippen LogP contribution in [0.2, 0.25) is 0 Å². The Morgan fingerprint density at radius 3 is 2.48 bits per heavy atom. The van der Waals surface area contributed by atoms with E-state index in [9.17, 15) is 4.79 Å². The van der Waals surface area contributed by atoms with Crippen molar-refractivity contribution >= 4 is 0 Å². The second-order valence-corrected chi connectivity index (χ2v) is 5.31. The summed E-state index contributed by atoms with van der Waals surface area (Å²) < 4.78 is 7.17. The van der Waals surface area contributed by atoms with E-state index in [0.717, 1.165) is 29.0 Å². The Balaban J connectivity index is 2.30. The number of benzene rings is 2. The van der Waals surface area contributed by atoms with Crippen LogP contribution in [-0.2, 0) is 6.42 Å². The zero-order valence-electron chi connectivity index (χ0n) is 13.3. The molecule has 0 N–H and O–H groups in total. The van der Waals surface area contributed by atoms with Gasteiger partial charge in [0.2, 0.25) is 0 Å². The van der Waals surface area contributed by atoms with E-state index in [1.807, 2.05) is 36.4 Å². The molecule has 116 valence electrons. The van der Waals surface area contributed by atoms with Crippen molar-refractivity contribution in [2.75, 3.05) is 7.11 Å². The molecule has 1 aromatic heterocycles. The van der Waals surface area contributed by atoms with Crippen LogP contribution in [0.25, 0.3) is 16.8 Å². The maximum atomic E-state index is 12.2. The number of aryl methyl sites for hydroxylation is 1. The SMILES string of the molecule is CCc1ccc(-n2ccccc2=O)c(-c2ccccc2OC)c1. The van der Waals surface area contributed by atoms with Gasteiger partial charge in [-0.05, 0) is 36.2 Å². The molecule has 0 aliphatic carbocycles. The van der Waals surface area contributed by atoms with E-state index >= 15 is 0 Å². The Morgan fingerprint density at radius 2 is 1.74 bits per heavy atom. The van der Waals surface area contributed by atoms with Crippen LogP contribution in [-0.4, -0.2) is 11.7 Å². The molecule has 0 radical (unpaired) electrons. The highest BCUT2D eigenvalue weighted by atomic mass is 16.5. The van der Waals surface area contributed by atoms with Gasteiger partial charge in [0.05, 0.1) is 12.8 Å². The number of ether oxygens (including phenoxy) is 1. The van der Waals surface area contributed by atoms with Gasteiger partial charge in [-0.15, -0.1) is 0 Å². The lowest BCUT2D eigenvalue weighted by Gasteiger charge is -2.16. The topological polar surface area (TPSA) is 31.2 Å². The van der Waals surface area contributed by atoms with E-state index in [-0.39, 0.29) is 5.56 Å². The number of methoxy groups -OCH3 is 1. The second kappa shape index (κ2) is 6.53. The Bertz CT molecular complexity index is 881. The van der Waals surface area contributed by atoms with Gasteiger partial charge in [-0.2, -0.15) is 0 Å². The van der Waals surface area contributed by atoms with E-state index in [1.54, 1.807) is 30.0 Å². The normalized spacial score (nSPS) is 10.5. The Morgan fingerprint density at radius 1 is 0.957 bits per heavy atom. The molecule has 3 nitrogen and oxygen atoms in total. The van der Waals surface area contributed by atoms with Gasteiger partial charge in [-0.25, -0.2) is 0 Å². The van der Waals surface area contributed by atoms with Crippen LogP contribution in [0.1, 0.15) is 12.5 Å². The number of nitrogens with zero attached hydrogens (tertiary/aromatic N) is 1. The molecule has 0 amide bonds. The molecule has 1 heterocycles. The minimum absolute atomic E-state index is 0.0482. The first-order valence-electron chi connectivity index (χ1n) is 7.69. The van der Waals surface area contributed by atoms with Gasteiger partial charge >= 0.3 is 0 Å². The van der Waals surface area contributed by atoms with Crippen LogP contribution in [0.5, 0.6) is 5.75 Å². The molecule has 0 aliphatic heterocycles. The monoisotopic (exact) mass is 305 g/mol. The lowest BCUT2D eigenvalue weighted by molar-refractivity contribution is 0.416. The third-order valence-corrected chi connectivity index (χ3v) is 3.95. The summed E-state index contributed by atoms with van der Waals surface area (Å²) in [6.45, 7) is 2.12. The number of pyridine rings is 1. The summed E-state index contributed by atoms with van der Waals surface area (Å²) in [6, 6.07) is 19.3. The third-order valence-electron chi connectivity index (χ3n) is 3.95. The zero-order valence-corrected chi connectivity index (χ0v) is 13.3. The number of hydrogen-bond donors (Lipinski definition) is 0. The maximum Gasteiger partial charge on any atom is 0.255 e. The van der Waals surface area contributed by atoms with Gasteiger partial charge in [0.1, 0.15) is 5.75 Å². The van der Waals surface area contributed by atoms with Gasteiger partial charge in [-0.1, -0.05) is 37.3 Å². The summed E-state index contributed by atoms with van der Waals surface area (Å²) in [5.74, 6) is 0.797. The summed E-state index contributed by atoms with van der Waals surface area (Å²) in [5, 5.41) is 0. The van der Waals surface area contributed by atoms with Crippen molar-refractivity contribution in [1.82, 2.24) is 4.57 Å². The zero-order chi connectivity index (χ0) is 16.2. The van der Waals surface area contributed by atoms with Crippen LogP contribution < -0.4 is 10.3 Å². The second-order valence-electron chi connectivity index (χ2n) is 5.31. The fourth-order valence-corrected chi connectivity index (χ4v) is 2.72. The van der Waals surface area contributed by atoms with Gasteiger partial charge in [0.15, 0.2) is 0 Å². The van der Waals surface area contributed by atoms with Crippen molar-refractivity contribution in [2.24, 2.45) is 0 Å². The van der Waals surface area contributed by atoms with E-state index in [4.69, 9.17) is 4.74 Å². The van der Waals surface area contributed by atoms with Crippen molar-refractivity contribution in [2.45, 2.75) is 13.3 Å². The Hall–Kier alpha value is -2.81. The quantitative estimate of drug-likeness (QED) is 0.727. The standard InChI is InChI=1S/C20H19NO2/c1-3-15-11-12-18(21-13-7-6-10-20(21)22)17(14-15)16-8-4-5-9-19(16)23-2/h4-14H,3H2,1-2H3. The average molecular weight is 305 g/mol. The predicted octanol–water partition coefficient (Wildman–Crippen LogP) is 4.08. The Labute approximate surface area is 135 Å². The van der Waals surface area contributed by atoms with E-state index < -0.39 is 0 Å². The first-order valence-corrected chi connectivity index (χ1v) is 7.69. The first-order chi connectivity index (χ1) is 11.2. The van der Waals surface area contributed by atoms with Crippen LogP contribution in [0.15, 0.2) is 71.7 Å². The van der Waals surface area contributed by atoms with E-state index in [2.05, 4.69) is 19.1 Å². The lowest BCUT2D eigenvalue weighted by Crippen LogP contribution is -2.16. The van der Waals surface area contributed by atoms with Crippen LogP contribution in [0.3, 0.4) is 0 Å². The molecule has 23 heavy (non-hydrogen) atoms. The largest absolute Gasteiger partial charge is 0.496 e. The first kappa shape index (κ1) is 15.1. The highest BCUT2D eigenvalue weighted by Crippen LogP contribution is 2.34. The third kappa shape index (κ3) is 2.90. The molecule has 0 fully saturated rings. The molecule has 0 unspecified atom stereocenters. The van der Waals surface area contributed by atoms with Crippen molar-refractivity contribution in [3.8, 4) is 22.6 Å². The van der Waals surface area contributed by atoms with Gasteiger partial charge in [-0.3, -0.25) is 9.36 Å². The molecule has 0 bridgehead atoms. The summed E-state index contributed by atoms with van der Waals surface area (Å²) in [5.41, 5.74) is 4.01. The van der Waals surface area contributed by atoms with Gasteiger partial charge < -0.3 is 4.74 Å². The molecule has 0 saturated heterocycles. The number of hydrogen-bond acceptors (Lipinski definition) is 2. The summed E-state index contributed by atoms with van der Waals surface area (Å²) in [6.07, 6.45) is 2.73. The molecular weight excluding hydrogens is 286 g/mol. The fourth-order valence-electron chi connectivity index (χ4n) is 2.72. The van der Waals surface area contributed by atoms with Crippen LogP contribution >= 0.6 is 0 Å². The molecule has 0 spiro atoms. The van der Waals surface area contributed by atoms with Crippen molar-refractivity contribution in [1.29, 1.82) is 0 Å². The van der Waals surface area contributed by atoms with Crippen molar-refractivity contribution < 1.29 is 4.74 Å². The smallest absolute Gasteiger partial charge is 0.255 e. The van der Waals surface area contributed by atoms with Gasteiger partial charge in [0.25, 0.3) is 5.56 Å². The summed E-state index contributed by atoms with van der Waals surface area (Å²) in [4.78, 5) is 12.2. The lowest BCUT2D eigenvalue weighted by atomic mass is 9.98. The summed E-state index contributed by atoms with van der Waals surface area (Å²) in [7, 11) is 1.66. The van der Waals surface area contributed by atoms with Crippen LogP contribution in [0.4, 0.5) is 0 Å². The molecule has 3 heteroatoms. The van der Waals surface area contributed by atoms with Crippen molar-refractivity contribution in [3.63, 3.8) is 0 Å². The fraction of sp³-hybridized carbons (Fsp3) is 0.150. The molecule has 0 atom stereocenters. The van der Waals surface area contributed by atoms with E-state index in [1.165, 1.54) is 5.56 Å². The van der Waals surface area contributed by atoms with Crippen molar-refractivity contribution in [3.05, 3.63) is 82.8 Å². The highest BCUT2D eigenvalue weighted by Gasteiger charge is 2.12. The van der Waals surface area contributed by atoms with E-state index in [0.29, 0.717) is 0 Å². The molecule has 2 aromatic carbocycles. The maximum absolute atomic E-state index is 12.2. The highest BCUT2D eigenvalue weighted by molar-refractivity contribution is 5.78. The molecular formula is C20H19NO2. The predicted molar refractivity (Wildman–Crippen MR) is 93.4 cm³/mol. The Kier molecular flexibility index (Phi) is 4.29. The molecule has 3 rings (SSSR count). The molecule has 0 saturated carbocycles. The number of para-hydroxylation sites is 1. The number of aromatic nitrogens is 1. The average Bonchev–Trinajstić information content (AvgIpc) is 2.61. The minimum Gasteiger partial charge on any atom is -0.496 e. The summed E-state index contributed by atoms with van der Waals surface area (Å²) >= 11 is 0. The molecule has 0 aliphatic rings.